The molecule has 3 heterocycles. The molecule has 1 aromatic carbocycles. The van der Waals surface area contributed by atoms with Gasteiger partial charge in [0.15, 0.2) is 17.3 Å². The number of methoxy groups -OCH3 is 2. The van der Waals surface area contributed by atoms with E-state index in [1.807, 2.05) is 31.4 Å². The minimum atomic E-state index is 0.361. The van der Waals surface area contributed by atoms with Crippen LogP contribution in [0.2, 0.25) is 0 Å². The number of likely N-dealkylation sites (tertiary alicyclic amines) is 1. The van der Waals surface area contributed by atoms with Crippen LogP contribution in [0.1, 0.15) is 30.0 Å². The van der Waals surface area contributed by atoms with Gasteiger partial charge < -0.3 is 14.8 Å². The minimum absolute atomic E-state index is 0.361. The SMILES string of the molecule is CNc1cc([C@H]2CCCN(Cc3ccc(OC)c(OC)c3)C2)nc(-c2cccnc2)n1. The van der Waals surface area contributed by atoms with Crippen molar-refractivity contribution in [3.05, 3.63) is 60.0 Å². The van der Waals surface area contributed by atoms with E-state index < -0.39 is 0 Å². The van der Waals surface area contributed by atoms with E-state index in [-0.39, 0.29) is 0 Å². The topological polar surface area (TPSA) is 72.4 Å². The minimum Gasteiger partial charge on any atom is -0.493 e. The van der Waals surface area contributed by atoms with E-state index >= 15 is 0 Å². The number of hydrogen-bond acceptors (Lipinski definition) is 7. The van der Waals surface area contributed by atoms with Crippen LogP contribution in [0.15, 0.2) is 48.8 Å². The fraction of sp³-hybridized carbons (Fsp3) is 0.375. The van der Waals surface area contributed by atoms with Crippen LogP contribution in [0.4, 0.5) is 5.82 Å². The first-order chi connectivity index (χ1) is 15.2. The number of hydrogen-bond donors (Lipinski definition) is 1. The summed E-state index contributed by atoms with van der Waals surface area (Å²) in [5.41, 5.74) is 3.22. The molecule has 0 saturated carbocycles. The number of aromatic nitrogens is 3. The zero-order valence-electron chi connectivity index (χ0n) is 18.3. The fourth-order valence-electron chi connectivity index (χ4n) is 4.11. The second-order valence-electron chi connectivity index (χ2n) is 7.76. The molecule has 1 saturated heterocycles. The van der Waals surface area contributed by atoms with Gasteiger partial charge >= 0.3 is 0 Å². The van der Waals surface area contributed by atoms with Crippen LogP contribution in [0.5, 0.6) is 11.5 Å². The maximum absolute atomic E-state index is 5.46. The number of ether oxygens (including phenoxy) is 2. The number of pyridine rings is 1. The van der Waals surface area contributed by atoms with E-state index in [1.165, 1.54) is 5.56 Å². The second kappa shape index (κ2) is 9.75. The average Bonchev–Trinajstić information content (AvgIpc) is 2.84. The molecule has 0 bridgehead atoms. The molecule has 1 atom stereocenters. The van der Waals surface area contributed by atoms with Crippen molar-refractivity contribution < 1.29 is 9.47 Å². The highest BCUT2D eigenvalue weighted by Gasteiger charge is 2.24. The van der Waals surface area contributed by atoms with Crippen molar-refractivity contribution in [3.8, 4) is 22.9 Å². The third kappa shape index (κ3) is 4.94. The van der Waals surface area contributed by atoms with Crippen LogP contribution >= 0.6 is 0 Å². The Morgan fingerprint density at radius 2 is 1.97 bits per heavy atom. The number of nitrogens with zero attached hydrogens (tertiary/aromatic N) is 4. The molecular weight excluding hydrogens is 390 g/mol. The summed E-state index contributed by atoms with van der Waals surface area (Å²) in [6, 6.07) is 12.1. The third-order valence-corrected chi connectivity index (χ3v) is 5.70. The maximum Gasteiger partial charge on any atom is 0.163 e. The van der Waals surface area contributed by atoms with Gasteiger partial charge in [0.25, 0.3) is 0 Å². The Hall–Kier alpha value is -3.19. The Bertz CT molecular complexity index is 1010. The lowest BCUT2D eigenvalue weighted by Crippen LogP contribution is -2.34. The van der Waals surface area contributed by atoms with Gasteiger partial charge in [-0.2, -0.15) is 0 Å². The number of nitrogens with one attached hydrogen (secondary N) is 1. The van der Waals surface area contributed by atoms with Gasteiger partial charge in [-0.05, 0) is 49.2 Å². The second-order valence-corrected chi connectivity index (χ2v) is 7.76. The number of piperidine rings is 1. The van der Waals surface area contributed by atoms with Crippen LogP contribution < -0.4 is 14.8 Å². The highest BCUT2D eigenvalue weighted by atomic mass is 16.5. The predicted molar refractivity (Wildman–Crippen MR) is 122 cm³/mol. The smallest absolute Gasteiger partial charge is 0.163 e. The molecule has 2 aromatic heterocycles. The Labute approximate surface area is 183 Å². The summed E-state index contributed by atoms with van der Waals surface area (Å²) in [5, 5.41) is 3.18. The van der Waals surface area contributed by atoms with Crippen molar-refractivity contribution >= 4 is 5.82 Å². The lowest BCUT2D eigenvalue weighted by atomic mass is 9.94. The summed E-state index contributed by atoms with van der Waals surface area (Å²) in [5.74, 6) is 3.43. The highest BCUT2D eigenvalue weighted by molar-refractivity contribution is 5.56. The molecule has 0 amide bonds. The average molecular weight is 420 g/mol. The van der Waals surface area contributed by atoms with Crippen LogP contribution in [0.3, 0.4) is 0 Å². The molecule has 4 rings (SSSR count). The summed E-state index contributed by atoms with van der Waals surface area (Å²) in [6.45, 7) is 2.90. The molecule has 0 spiro atoms. The molecule has 7 nitrogen and oxygen atoms in total. The van der Waals surface area contributed by atoms with Gasteiger partial charge in [-0.15, -0.1) is 0 Å². The zero-order chi connectivity index (χ0) is 21.6. The zero-order valence-corrected chi connectivity index (χ0v) is 18.3. The van der Waals surface area contributed by atoms with Crippen molar-refractivity contribution in [2.24, 2.45) is 0 Å². The van der Waals surface area contributed by atoms with Gasteiger partial charge in [-0.1, -0.05) is 6.07 Å². The first-order valence-corrected chi connectivity index (χ1v) is 10.6. The lowest BCUT2D eigenvalue weighted by Gasteiger charge is -2.32. The van der Waals surface area contributed by atoms with Gasteiger partial charge in [0.2, 0.25) is 0 Å². The predicted octanol–water partition coefficient (Wildman–Crippen LogP) is 3.98. The van der Waals surface area contributed by atoms with E-state index in [4.69, 9.17) is 14.5 Å². The largest absolute Gasteiger partial charge is 0.493 e. The normalized spacial score (nSPS) is 16.7. The number of rotatable bonds is 7. The molecule has 1 aliphatic heterocycles. The van der Waals surface area contributed by atoms with E-state index in [9.17, 15) is 0 Å². The molecule has 1 N–H and O–H groups in total. The van der Waals surface area contributed by atoms with E-state index in [0.717, 1.165) is 61.1 Å². The Morgan fingerprint density at radius 1 is 1.10 bits per heavy atom. The third-order valence-electron chi connectivity index (χ3n) is 5.70. The van der Waals surface area contributed by atoms with Crippen molar-refractivity contribution in [1.29, 1.82) is 0 Å². The van der Waals surface area contributed by atoms with Gasteiger partial charge in [0.1, 0.15) is 5.82 Å². The van der Waals surface area contributed by atoms with Crippen LogP contribution in [0, 0.1) is 0 Å². The number of benzene rings is 1. The van der Waals surface area contributed by atoms with Crippen molar-refractivity contribution in [2.75, 3.05) is 39.7 Å². The molecule has 3 aromatic rings. The summed E-state index contributed by atoms with van der Waals surface area (Å²) in [7, 11) is 5.23. The fourth-order valence-corrected chi connectivity index (χ4v) is 4.11. The Morgan fingerprint density at radius 3 is 2.71 bits per heavy atom. The number of anilines is 1. The molecular formula is C24H29N5O2. The lowest BCUT2D eigenvalue weighted by molar-refractivity contribution is 0.198. The molecule has 7 heteroatoms. The van der Waals surface area contributed by atoms with Crippen molar-refractivity contribution in [1.82, 2.24) is 19.9 Å². The molecule has 31 heavy (non-hydrogen) atoms. The van der Waals surface area contributed by atoms with E-state index in [2.05, 4.69) is 38.4 Å². The molecule has 1 fully saturated rings. The standard InChI is InChI=1S/C24H29N5O2/c1-25-23-13-20(27-24(28-23)18-6-4-10-26-14-18)19-7-5-11-29(16-19)15-17-8-9-21(30-2)22(12-17)31-3/h4,6,8-10,12-14,19H,5,7,11,15-16H2,1-3H3,(H,25,27,28)/t19-/m0/s1. The molecule has 0 unspecified atom stereocenters. The quantitative estimate of drug-likeness (QED) is 0.621. The van der Waals surface area contributed by atoms with Gasteiger partial charge in [-0.25, -0.2) is 9.97 Å². The van der Waals surface area contributed by atoms with Crippen LogP contribution in [-0.2, 0) is 6.54 Å². The summed E-state index contributed by atoms with van der Waals surface area (Å²) < 4.78 is 10.8. The first-order valence-electron chi connectivity index (χ1n) is 10.6. The van der Waals surface area contributed by atoms with Gasteiger partial charge in [0.05, 0.1) is 19.9 Å². The van der Waals surface area contributed by atoms with Gasteiger partial charge in [0, 0.05) is 50.1 Å². The Kier molecular flexibility index (Phi) is 6.62. The van der Waals surface area contributed by atoms with Gasteiger partial charge in [-0.3, -0.25) is 9.88 Å². The van der Waals surface area contributed by atoms with Crippen molar-refractivity contribution in [3.63, 3.8) is 0 Å². The summed E-state index contributed by atoms with van der Waals surface area (Å²) in [4.78, 5) is 16.3. The van der Waals surface area contributed by atoms with Crippen molar-refractivity contribution in [2.45, 2.75) is 25.3 Å². The summed E-state index contributed by atoms with van der Waals surface area (Å²) >= 11 is 0. The molecule has 1 aliphatic rings. The van der Waals surface area contributed by atoms with E-state index in [0.29, 0.717) is 11.7 Å². The molecule has 162 valence electrons. The molecule has 0 aliphatic carbocycles. The highest BCUT2D eigenvalue weighted by Crippen LogP contribution is 2.31. The Balaban J connectivity index is 1.53. The van der Waals surface area contributed by atoms with Crippen LogP contribution in [-0.4, -0.2) is 54.2 Å². The molecule has 0 radical (unpaired) electrons. The van der Waals surface area contributed by atoms with Crippen LogP contribution in [0.25, 0.3) is 11.4 Å². The van der Waals surface area contributed by atoms with E-state index in [1.54, 1.807) is 20.4 Å². The first kappa shape index (κ1) is 21.1. The summed E-state index contributed by atoms with van der Waals surface area (Å²) in [6.07, 6.45) is 5.83. The monoisotopic (exact) mass is 419 g/mol. The maximum atomic E-state index is 5.46.